The maximum Gasteiger partial charge on any atom is 0.265 e. The van der Waals surface area contributed by atoms with Gasteiger partial charge in [-0.2, -0.15) is 4.37 Å². The number of amidine groups is 1. The number of aliphatic imine (C=N–C) groups is 1. The summed E-state index contributed by atoms with van der Waals surface area (Å²) in [4.78, 5) is 18.8. The average Bonchev–Trinajstić information content (AvgIpc) is 3.17. The number of nitrogens with zero attached hydrogens (tertiary/aromatic N) is 3. The monoisotopic (exact) mass is 392 g/mol. The van der Waals surface area contributed by atoms with E-state index in [-0.39, 0.29) is 11.6 Å². The zero-order valence-corrected chi connectivity index (χ0v) is 15.0. The molecule has 9 heteroatoms. The van der Waals surface area contributed by atoms with Crippen molar-refractivity contribution in [1.29, 1.82) is 0 Å². The third-order valence-corrected chi connectivity index (χ3v) is 5.51. The van der Waals surface area contributed by atoms with Gasteiger partial charge in [-0.3, -0.25) is 4.79 Å². The first-order chi connectivity index (χ1) is 12.1. The second-order valence-corrected chi connectivity index (χ2v) is 7.51. The van der Waals surface area contributed by atoms with Crippen LogP contribution in [0.2, 0.25) is 5.02 Å². The molecule has 1 saturated heterocycles. The lowest BCUT2D eigenvalue weighted by molar-refractivity contribution is -0.115. The summed E-state index contributed by atoms with van der Waals surface area (Å²) in [5.41, 5.74) is 0.276. The molecule has 0 saturated carbocycles. The van der Waals surface area contributed by atoms with Gasteiger partial charge in [-0.05, 0) is 41.5 Å². The normalized spacial score (nSPS) is 19.6. The molecular formula is C16H10ClFN4OS2. The Morgan fingerprint density at radius 2 is 2.32 bits per heavy atom. The van der Waals surface area contributed by atoms with Crippen molar-refractivity contribution in [2.24, 2.45) is 4.99 Å². The zero-order chi connectivity index (χ0) is 17.4. The Kier molecular flexibility index (Phi) is 4.32. The molecule has 0 unspecified atom stereocenters. The van der Waals surface area contributed by atoms with Crippen LogP contribution in [-0.4, -0.2) is 26.9 Å². The van der Waals surface area contributed by atoms with Crippen molar-refractivity contribution in [1.82, 2.24) is 14.6 Å². The number of hydrogen-bond donors (Lipinski definition) is 1. The fourth-order valence-corrected chi connectivity index (χ4v) is 3.95. The topological polar surface area (TPSA) is 57.6 Å². The highest BCUT2D eigenvalue weighted by Gasteiger charge is 2.25. The van der Waals surface area contributed by atoms with Gasteiger partial charge in [0.2, 0.25) is 0 Å². The first-order valence-corrected chi connectivity index (χ1v) is 9.18. The maximum absolute atomic E-state index is 13.3. The van der Waals surface area contributed by atoms with Gasteiger partial charge < -0.3 is 10.2 Å². The fourth-order valence-electron chi connectivity index (χ4n) is 2.32. The standard InChI is InChI=1S/C16H10ClFN4OS2/c17-11-2-1-10(18)5-12(11)20-16-21-15(23)14(24-16)8-22-4-3-13-9(7-22)6-19-25-13/h1-3,5-8H,4H2,(H,20,21,23). The Labute approximate surface area is 155 Å². The number of thioether (sulfide) groups is 1. The van der Waals surface area contributed by atoms with Gasteiger partial charge in [0.05, 0.1) is 20.1 Å². The van der Waals surface area contributed by atoms with Gasteiger partial charge in [0.15, 0.2) is 5.17 Å². The third kappa shape index (κ3) is 3.46. The maximum atomic E-state index is 13.3. The summed E-state index contributed by atoms with van der Waals surface area (Å²) in [6, 6.07) is 3.91. The molecular weight excluding hydrogens is 383 g/mol. The summed E-state index contributed by atoms with van der Waals surface area (Å²) in [5.74, 6) is -0.689. The van der Waals surface area contributed by atoms with E-state index in [1.54, 1.807) is 12.4 Å². The van der Waals surface area contributed by atoms with E-state index in [1.165, 1.54) is 41.5 Å². The molecule has 1 amide bonds. The van der Waals surface area contributed by atoms with E-state index in [2.05, 4.69) is 20.8 Å². The summed E-state index contributed by atoms with van der Waals surface area (Å²) < 4.78 is 18.6. The second-order valence-electron chi connectivity index (χ2n) is 5.24. The molecule has 1 N–H and O–H groups in total. The Bertz CT molecular complexity index is 1050. The van der Waals surface area contributed by atoms with E-state index < -0.39 is 5.82 Å². The summed E-state index contributed by atoms with van der Waals surface area (Å²) in [7, 11) is 0. The number of fused-ring (bicyclic) bond motifs is 1. The highest BCUT2D eigenvalue weighted by molar-refractivity contribution is 8.18. The molecule has 0 atom stereocenters. The Hall–Kier alpha value is -2.16. The smallest absolute Gasteiger partial charge is 0.265 e. The fraction of sp³-hybridized carbons (Fsp3) is 0.0625. The van der Waals surface area contributed by atoms with E-state index in [1.807, 2.05) is 11.1 Å². The van der Waals surface area contributed by atoms with Gasteiger partial charge in [0, 0.05) is 36.4 Å². The predicted molar refractivity (Wildman–Crippen MR) is 99.3 cm³/mol. The summed E-state index contributed by atoms with van der Waals surface area (Å²) in [6.45, 7) is 0.661. The molecule has 25 heavy (non-hydrogen) atoms. The van der Waals surface area contributed by atoms with Crippen LogP contribution in [0.1, 0.15) is 0 Å². The van der Waals surface area contributed by atoms with Crippen LogP contribution in [0.3, 0.4) is 0 Å². The third-order valence-electron chi connectivity index (χ3n) is 3.48. The van der Waals surface area contributed by atoms with Crippen molar-refractivity contribution in [3.8, 4) is 0 Å². The van der Waals surface area contributed by atoms with Crippen LogP contribution in [0, 0.1) is 5.82 Å². The van der Waals surface area contributed by atoms with Crippen LogP contribution in [-0.2, 0) is 4.79 Å². The Morgan fingerprint density at radius 1 is 1.44 bits per heavy atom. The molecule has 5 nitrogen and oxygen atoms in total. The number of aromatic nitrogens is 1. The molecule has 3 heterocycles. The van der Waals surface area contributed by atoms with Crippen molar-refractivity contribution in [3.63, 3.8) is 0 Å². The van der Waals surface area contributed by atoms with E-state index >= 15 is 0 Å². The molecule has 2 aliphatic rings. The van der Waals surface area contributed by atoms with Crippen molar-refractivity contribution in [3.05, 3.63) is 56.1 Å². The van der Waals surface area contributed by atoms with E-state index in [0.29, 0.717) is 21.6 Å². The van der Waals surface area contributed by atoms with Gasteiger partial charge in [-0.25, -0.2) is 9.38 Å². The number of benzene rings is 1. The first kappa shape index (κ1) is 16.3. The highest BCUT2D eigenvalue weighted by Crippen LogP contribution is 2.30. The lowest BCUT2D eigenvalue weighted by Gasteiger charge is -2.15. The zero-order valence-electron chi connectivity index (χ0n) is 12.6. The molecule has 0 bridgehead atoms. The van der Waals surface area contributed by atoms with Crippen LogP contribution >= 0.6 is 34.9 Å². The molecule has 0 radical (unpaired) electrons. The summed E-state index contributed by atoms with van der Waals surface area (Å²) in [5, 5.41) is 4.37. The summed E-state index contributed by atoms with van der Waals surface area (Å²) in [6.07, 6.45) is 7.55. The van der Waals surface area contributed by atoms with E-state index in [4.69, 9.17) is 11.6 Å². The van der Waals surface area contributed by atoms with Crippen LogP contribution in [0.5, 0.6) is 0 Å². The second kappa shape index (κ2) is 6.62. The largest absolute Gasteiger partial charge is 0.348 e. The molecule has 1 aromatic heterocycles. The molecule has 1 fully saturated rings. The molecule has 2 aromatic rings. The van der Waals surface area contributed by atoms with Crippen LogP contribution in [0.15, 0.2) is 40.5 Å². The molecule has 0 aliphatic carbocycles. The quantitative estimate of drug-likeness (QED) is 0.796. The minimum absolute atomic E-state index is 0.251. The van der Waals surface area contributed by atoms with Crippen molar-refractivity contribution < 1.29 is 9.18 Å². The Morgan fingerprint density at radius 3 is 3.20 bits per heavy atom. The SMILES string of the molecule is O=C1NC(=Nc2cc(F)ccc2Cl)SC1=CN1C=c2cnsc2=CC1. The molecule has 1 aromatic carbocycles. The summed E-state index contributed by atoms with van der Waals surface area (Å²) >= 11 is 8.64. The number of carbonyl (C=O) groups is 1. The first-order valence-electron chi connectivity index (χ1n) is 7.22. The van der Waals surface area contributed by atoms with Gasteiger partial charge in [-0.1, -0.05) is 11.6 Å². The number of rotatable bonds is 2. The van der Waals surface area contributed by atoms with Crippen LogP contribution in [0.4, 0.5) is 10.1 Å². The van der Waals surface area contributed by atoms with Crippen molar-refractivity contribution in [2.75, 3.05) is 6.54 Å². The minimum atomic E-state index is -0.438. The number of hydrogen-bond acceptors (Lipinski definition) is 6. The highest BCUT2D eigenvalue weighted by atomic mass is 35.5. The number of halogens is 2. The van der Waals surface area contributed by atoms with E-state index in [0.717, 1.165) is 9.75 Å². The van der Waals surface area contributed by atoms with Crippen LogP contribution in [0.25, 0.3) is 12.3 Å². The van der Waals surface area contributed by atoms with Gasteiger partial charge in [0.1, 0.15) is 5.82 Å². The average molecular weight is 393 g/mol. The molecule has 4 rings (SSSR count). The van der Waals surface area contributed by atoms with Gasteiger partial charge >= 0.3 is 0 Å². The van der Waals surface area contributed by atoms with Crippen LogP contribution < -0.4 is 15.1 Å². The Balaban J connectivity index is 1.58. The molecule has 0 spiro atoms. The lowest BCUT2D eigenvalue weighted by Crippen LogP contribution is -2.29. The van der Waals surface area contributed by atoms with Gasteiger partial charge in [-0.15, -0.1) is 0 Å². The molecule has 2 aliphatic heterocycles. The van der Waals surface area contributed by atoms with E-state index in [9.17, 15) is 9.18 Å². The minimum Gasteiger partial charge on any atom is -0.348 e. The number of carbonyl (C=O) groups excluding carboxylic acids is 1. The number of amides is 1. The molecule has 126 valence electrons. The van der Waals surface area contributed by atoms with Crippen molar-refractivity contribution in [2.45, 2.75) is 0 Å². The predicted octanol–water partition coefficient (Wildman–Crippen LogP) is 2.16. The van der Waals surface area contributed by atoms with Gasteiger partial charge in [0.25, 0.3) is 5.91 Å². The lowest BCUT2D eigenvalue weighted by atomic mass is 10.3. The van der Waals surface area contributed by atoms with Crippen molar-refractivity contribution >= 4 is 63.9 Å². The number of nitrogens with one attached hydrogen (secondary N) is 1.